The van der Waals surface area contributed by atoms with Gasteiger partial charge in [0.15, 0.2) is 0 Å². The van der Waals surface area contributed by atoms with Crippen molar-refractivity contribution in [2.24, 2.45) is 0 Å². The molecule has 4 aromatic carbocycles. The van der Waals surface area contributed by atoms with Gasteiger partial charge in [0.05, 0.1) is 5.56 Å². The molecule has 0 unspecified atom stereocenters. The summed E-state index contributed by atoms with van der Waals surface area (Å²) in [6.45, 7) is 8.49. The third-order valence-electron chi connectivity index (χ3n) is 5.24. The van der Waals surface area contributed by atoms with E-state index in [2.05, 4.69) is 13.2 Å². The molecule has 0 aliphatic rings. The molecule has 0 heterocycles. The lowest BCUT2D eigenvalue weighted by Gasteiger charge is -2.08. The topological polar surface area (TPSA) is 78.9 Å². The smallest absolute Gasteiger partial charge is 0.343 e. The number of benzene rings is 4. The Balaban J connectivity index is 1.43. The van der Waals surface area contributed by atoms with Gasteiger partial charge in [-0.05, 0) is 83.4 Å². The van der Waals surface area contributed by atoms with E-state index >= 15 is 0 Å². The summed E-state index contributed by atoms with van der Waals surface area (Å²) >= 11 is 0. The van der Waals surface area contributed by atoms with Gasteiger partial charge >= 0.3 is 17.9 Å². The number of carbonyl (C=O) groups excluding carboxylic acids is 3. The van der Waals surface area contributed by atoms with E-state index in [0.29, 0.717) is 28.4 Å². The van der Waals surface area contributed by atoms with E-state index in [9.17, 15) is 14.4 Å². The molecule has 36 heavy (non-hydrogen) atoms. The number of carbonyl (C=O) groups is 3. The summed E-state index contributed by atoms with van der Waals surface area (Å²) in [6, 6.07) is 24.6. The second-order valence-electron chi connectivity index (χ2n) is 7.96. The molecule has 0 radical (unpaired) electrons. The predicted molar refractivity (Wildman–Crippen MR) is 137 cm³/mol. The SMILES string of the molecule is C=CC(=O)Oc1ccc2cc(-c3ccc(C(=O)Oc4ccc(OC(=O)C(=C)C)cc4)cc3)ccc2c1. The maximum atomic E-state index is 12.6. The van der Waals surface area contributed by atoms with Crippen molar-refractivity contribution >= 4 is 28.7 Å². The minimum absolute atomic E-state index is 0.290. The van der Waals surface area contributed by atoms with Crippen molar-refractivity contribution in [3.8, 4) is 28.4 Å². The first kappa shape index (κ1) is 24.2. The second kappa shape index (κ2) is 10.5. The monoisotopic (exact) mass is 478 g/mol. The number of rotatable bonds is 7. The van der Waals surface area contributed by atoms with Crippen molar-refractivity contribution in [3.05, 3.63) is 115 Å². The Hall–Kier alpha value is -4.97. The van der Waals surface area contributed by atoms with Crippen LogP contribution in [0.1, 0.15) is 17.3 Å². The molecule has 0 aliphatic heterocycles. The van der Waals surface area contributed by atoms with Crippen molar-refractivity contribution in [1.82, 2.24) is 0 Å². The summed E-state index contributed by atoms with van der Waals surface area (Å²) in [6.07, 6.45) is 1.12. The van der Waals surface area contributed by atoms with Crippen LogP contribution in [0, 0.1) is 0 Å². The molecule has 0 bridgehead atoms. The summed E-state index contributed by atoms with van der Waals surface area (Å²) in [5.41, 5.74) is 2.58. The molecule has 4 rings (SSSR count). The zero-order valence-corrected chi connectivity index (χ0v) is 19.5. The Bertz CT molecular complexity index is 1480. The number of ether oxygens (including phenoxy) is 3. The molecule has 0 amide bonds. The Morgan fingerprint density at radius 3 is 1.86 bits per heavy atom. The first-order valence-electron chi connectivity index (χ1n) is 11.0. The summed E-state index contributed by atoms with van der Waals surface area (Å²) in [5.74, 6) is -0.432. The molecule has 0 saturated carbocycles. The lowest BCUT2D eigenvalue weighted by atomic mass is 10.00. The fraction of sp³-hybridized carbons (Fsp3) is 0.0333. The molecule has 178 valence electrons. The van der Waals surface area contributed by atoms with Gasteiger partial charge in [0.2, 0.25) is 0 Å². The van der Waals surface area contributed by atoms with Gasteiger partial charge in [-0.15, -0.1) is 0 Å². The predicted octanol–water partition coefficient (Wildman–Crippen LogP) is 6.30. The average Bonchev–Trinajstić information content (AvgIpc) is 2.89. The van der Waals surface area contributed by atoms with E-state index in [0.717, 1.165) is 28.0 Å². The van der Waals surface area contributed by atoms with Crippen LogP contribution in [-0.2, 0) is 9.59 Å². The molecule has 6 heteroatoms. The van der Waals surface area contributed by atoms with Gasteiger partial charge in [-0.3, -0.25) is 0 Å². The molecular weight excluding hydrogens is 456 g/mol. The van der Waals surface area contributed by atoms with Crippen LogP contribution < -0.4 is 14.2 Å². The Morgan fingerprint density at radius 2 is 1.22 bits per heavy atom. The van der Waals surface area contributed by atoms with Gasteiger partial charge in [0, 0.05) is 11.6 Å². The first-order valence-corrected chi connectivity index (χ1v) is 11.0. The Labute approximate surface area is 208 Å². The molecular formula is C30H22O6. The van der Waals surface area contributed by atoms with E-state index in [1.54, 1.807) is 55.5 Å². The van der Waals surface area contributed by atoms with E-state index in [1.807, 2.05) is 36.4 Å². The summed E-state index contributed by atoms with van der Waals surface area (Å²) in [7, 11) is 0. The van der Waals surface area contributed by atoms with Crippen molar-refractivity contribution in [2.45, 2.75) is 6.92 Å². The molecule has 0 N–H and O–H groups in total. The van der Waals surface area contributed by atoms with Crippen LogP contribution in [0.3, 0.4) is 0 Å². The maximum Gasteiger partial charge on any atom is 0.343 e. The van der Waals surface area contributed by atoms with Crippen LogP contribution >= 0.6 is 0 Å². The van der Waals surface area contributed by atoms with Crippen LogP contribution in [0.5, 0.6) is 17.2 Å². The van der Waals surface area contributed by atoms with E-state index < -0.39 is 17.9 Å². The van der Waals surface area contributed by atoms with Crippen molar-refractivity contribution in [2.75, 3.05) is 0 Å². The highest BCUT2D eigenvalue weighted by Gasteiger charge is 2.11. The highest BCUT2D eigenvalue weighted by molar-refractivity contribution is 5.93. The third kappa shape index (κ3) is 5.74. The second-order valence-corrected chi connectivity index (χ2v) is 7.96. The highest BCUT2D eigenvalue weighted by atomic mass is 16.5. The van der Waals surface area contributed by atoms with Crippen LogP contribution in [0.15, 0.2) is 110 Å². The lowest BCUT2D eigenvalue weighted by molar-refractivity contribution is -0.130. The number of fused-ring (bicyclic) bond motifs is 1. The zero-order valence-electron chi connectivity index (χ0n) is 19.5. The summed E-state index contributed by atoms with van der Waals surface area (Å²) in [4.78, 5) is 35.6. The van der Waals surface area contributed by atoms with Gasteiger partial charge in [0.1, 0.15) is 17.2 Å². The molecule has 0 fully saturated rings. The number of esters is 3. The lowest BCUT2D eigenvalue weighted by Crippen LogP contribution is -2.09. The van der Waals surface area contributed by atoms with Crippen LogP contribution in [-0.4, -0.2) is 17.9 Å². The molecule has 0 spiro atoms. The molecule has 0 atom stereocenters. The molecule has 6 nitrogen and oxygen atoms in total. The molecule has 0 saturated heterocycles. The largest absolute Gasteiger partial charge is 0.423 e. The van der Waals surface area contributed by atoms with Gasteiger partial charge in [0.25, 0.3) is 0 Å². The minimum atomic E-state index is -0.523. The van der Waals surface area contributed by atoms with Crippen molar-refractivity contribution in [3.63, 3.8) is 0 Å². The van der Waals surface area contributed by atoms with E-state index in [1.165, 1.54) is 0 Å². The summed E-state index contributed by atoms with van der Waals surface area (Å²) in [5, 5.41) is 1.90. The number of hydrogen-bond donors (Lipinski definition) is 0. The standard InChI is InChI=1S/C30H22O6/c1-4-28(31)34-27-12-11-23-17-22(9-10-24(23)18-27)20-5-7-21(8-6-20)30(33)36-26-15-13-25(14-16-26)35-29(32)19(2)3/h4-18H,1-2H2,3H3. The van der Waals surface area contributed by atoms with Gasteiger partial charge < -0.3 is 14.2 Å². The quantitative estimate of drug-likeness (QED) is 0.176. The maximum absolute atomic E-state index is 12.6. The Kier molecular flexibility index (Phi) is 7.07. The van der Waals surface area contributed by atoms with Crippen molar-refractivity contribution < 1.29 is 28.6 Å². The van der Waals surface area contributed by atoms with Gasteiger partial charge in [-0.2, -0.15) is 0 Å². The van der Waals surface area contributed by atoms with E-state index in [-0.39, 0.29) is 0 Å². The average molecular weight is 479 g/mol. The fourth-order valence-corrected chi connectivity index (χ4v) is 3.36. The summed E-state index contributed by atoms with van der Waals surface area (Å²) < 4.78 is 15.7. The molecule has 4 aromatic rings. The fourth-order valence-electron chi connectivity index (χ4n) is 3.36. The molecule has 0 aliphatic carbocycles. The zero-order chi connectivity index (χ0) is 25.7. The van der Waals surface area contributed by atoms with E-state index in [4.69, 9.17) is 14.2 Å². The minimum Gasteiger partial charge on any atom is -0.423 e. The van der Waals surface area contributed by atoms with Gasteiger partial charge in [-0.25, -0.2) is 14.4 Å². The van der Waals surface area contributed by atoms with Crippen LogP contribution in [0.25, 0.3) is 21.9 Å². The highest BCUT2D eigenvalue weighted by Crippen LogP contribution is 2.28. The van der Waals surface area contributed by atoms with Crippen molar-refractivity contribution in [1.29, 1.82) is 0 Å². The third-order valence-corrected chi connectivity index (χ3v) is 5.24. The molecule has 0 aromatic heterocycles. The first-order chi connectivity index (χ1) is 17.3. The Morgan fingerprint density at radius 1 is 0.667 bits per heavy atom. The van der Waals surface area contributed by atoms with Crippen LogP contribution in [0.4, 0.5) is 0 Å². The van der Waals surface area contributed by atoms with Crippen LogP contribution in [0.2, 0.25) is 0 Å². The van der Waals surface area contributed by atoms with Gasteiger partial charge in [-0.1, -0.05) is 43.5 Å². The number of hydrogen-bond acceptors (Lipinski definition) is 6. The normalized spacial score (nSPS) is 10.4.